The normalized spacial score (nSPS) is 14.1. The smallest absolute Gasteiger partial charge is 0.251 e. The molecule has 1 aliphatic heterocycles. The molecule has 3 aromatic rings. The summed E-state index contributed by atoms with van der Waals surface area (Å²) >= 11 is 0. The van der Waals surface area contributed by atoms with Gasteiger partial charge in [0.15, 0.2) is 0 Å². The molecule has 1 N–H and O–H groups in total. The molecule has 148 valence electrons. The third kappa shape index (κ3) is 4.54. The van der Waals surface area contributed by atoms with E-state index >= 15 is 0 Å². The van der Waals surface area contributed by atoms with Gasteiger partial charge < -0.3 is 10.2 Å². The number of anilines is 1. The van der Waals surface area contributed by atoms with Crippen molar-refractivity contribution in [2.45, 2.75) is 32.4 Å². The van der Waals surface area contributed by atoms with Crippen molar-refractivity contribution in [2.24, 2.45) is 0 Å². The lowest BCUT2D eigenvalue weighted by atomic mass is 10.1. The van der Waals surface area contributed by atoms with Crippen molar-refractivity contribution < 1.29 is 9.59 Å². The predicted octanol–water partition coefficient (Wildman–Crippen LogP) is 3.38. The first kappa shape index (κ1) is 18.9. The van der Waals surface area contributed by atoms with E-state index in [1.165, 1.54) is 0 Å². The fourth-order valence-corrected chi connectivity index (χ4v) is 3.60. The van der Waals surface area contributed by atoms with E-state index in [0.717, 1.165) is 36.2 Å². The van der Waals surface area contributed by atoms with Crippen LogP contribution >= 0.6 is 0 Å². The van der Waals surface area contributed by atoms with E-state index < -0.39 is 0 Å². The predicted molar refractivity (Wildman–Crippen MR) is 112 cm³/mol. The molecule has 0 saturated carbocycles. The van der Waals surface area contributed by atoms with Gasteiger partial charge in [-0.1, -0.05) is 24.3 Å². The molecule has 29 heavy (non-hydrogen) atoms. The number of rotatable bonds is 6. The summed E-state index contributed by atoms with van der Waals surface area (Å²) in [6.45, 7) is 1.86. The quantitative estimate of drug-likeness (QED) is 0.704. The summed E-state index contributed by atoms with van der Waals surface area (Å²) in [4.78, 5) is 26.5. The average Bonchev–Trinajstić information content (AvgIpc) is 3.26. The lowest BCUT2D eigenvalue weighted by Gasteiger charge is -2.26. The Labute approximate surface area is 170 Å². The Balaban J connectivity index is 1.39. The molecule has 2 amide bonds. The van der Waals surface area contributed by atoms with Gasteiger partial charge in [-0.2, -0.15) is 5.10 Å². The number of hydrogen-bond acceptors (Lipinski definition) is 3. The number of amides is 2. The number of nitrogens with zero attached hydrogens (tertiary/aromatic N) is 3. The lowest BCUT2D eigenvalue weighted by molar-refractivity contribution is -0.119. The van der Waals surface area contributed by atoms with Crippen LogP contribution in [0.25, 0.3) is 0 Å². The Morgan fingerprint density at radius 1 is 1.00 bits per heavy atom. The van der Waals surface area contributed by atoms with Gasteiger partial charge in [0, 0.05) is 43.2 Å². The summed E-state index contributed by atoms with van der Waals surface area (Å²) in [5, 5.41) is 7.24. The molecular formula is C23H24N4O2. The summed E-state index contributed by atoms with van der Waals surface area (Å²) in [5.41, 5.74) is 3.63. The molecule has 1 aliphatic rings. The molecular weight excluding hydrogens is 364 g/mol. The highest BCUT2D eigenvalue weighted by atomic mass is 16.2. The second-order valence-corrected chi connectivity index (χ2v) is 7.20. The van der Waals surface area contributed by atoms with Crippen molar-refractivity contribution in [1.82, 2.24) is 15.1 Å². The summed E-state index contributed by atoms with van der Waals surface area (Å²) in [6, 6.07) is 17.2. The van der Waals surface area contributed by atoms with E-state index in [4.69, 9.17) is 0 Å². The number of aromatic nitrogens is 2. The van der Waals surface area contributed by atoms with E-state index in [2.05, 4.69) is 10.4 Å². The second kappa shape index (κ2) is 8.73. The average molecular weight is 388 g/mol. The second-order valence-electron chi connectivity index (χ2n) is 7.20. The standard InChI is InChI=1S/C23H24N4O2/c28-22-8-3-4-15-27(22)21-11-9-18(10-12-21)23(29)24-16-19-6-1-2-7-20(19)17-26-14-5-13-25-26/h1-2,5-7,9-14H,3-4,8,15-17H2,(H,24,29). The minimum Gasteiger partial charge on any atom is -0.348 e. The van der Waals surface area contributed by atoms with Gasteiger partial charge >= 0.3 is 0 Å². The van der Waals surface area contributed by atoms with Gasteiger partial charge in [0.05, 0.1) is 6.54 Å². The van der Waals surface area contributed by atoms with Gasteiger partial charge in [-0.15, -0.1) is 0 Å². The van der Waals surface area contributed by atoms with Gasteiger partial charge in [-0.05, 0) is 54.3 Å². The number of nitrogens with one attached hydrogen (secondary N) is 1. The Morgan fingerprint density at radius 3 is 2.52 bits per heavy atom. The molecule has 0 atom stereocenters. The number of benzene rings is 2. The highest BCUT2D eigenvalue weighted by Crippen LogP contribution is 2.21. The molecule has 0 unspecified atom stereocenters. The fraction of sp³-hybridized carbons (Fsp3) is 0.261. The molecule has 1 saturated heterocycles. The number of piperidine rings is 1. The Morgan fingerprint density at radius 2 is 1.79 bits per heavy atom. The molecule has 0 bridgehead atoms. The van der Waals surface area contributed by atoms with Crippen molar-refractivity contribution in [3.8, 4) is 0 Å². The maximum atomic E-state index is 12.6. The van der Waals surface area contributed by atoms with Crippen LogP contribution in [0.5, 0.6) is 0 Å². The monoisotopic (exact) mass is 388 g/mol. The number of hydrogen-bond donors (Lipinski definition) is 1. The molecule has 0 aliphatic carbocycles. The van der Waals surface area contributed by atoms with Gasteiger partial charge in [0.25, 0.3) is 5.91 Å². The van der Waals surface area contributed by atoms with Crippen molar-refractivity contribution >= 4 is 17.5 Å². The number of carbonyl (C=O) groups excluding carboxylic acids is 2. The van der Waals surface area contributed by atoms with E-state index in [-0.39, 0.29) is 11.8 Å². The summed E-state index contributed by atoms with van der Waals surface area (Å²) in [6.07, 6.45) is 6.25. The highest BCUT2D eigenvalue weighted by Gasteiger charge is 2.19. The Bertz CT molecular complexity index is 980. The Kier molecular flexibility index (Phi) is 5.70. The fourth-order valence-electron chi connectivity index (χ4n) is 3.60. The molecule has 4 rings (SSSR count). The van der Waals surface area contributed by atoms with Crippen LogP contribution in [0, 0.1) is 0 Å². The van der Waals surface area contributed by atoms with Crippen LogP contribution < -0.4 is 10.2 Å². The highest BCUT2D eigenvalue weighted by molar-refractivity contribution is 5.96. The molecule has 1 fully saturated rings. The van der Waals surface area contributed by atoms with Gasteiger partial charge in [0.1, 0.15) is 0 Å². The van der Waals surface area contributed by atoms with Crippen LogP contribution in [0.2, 0.25) is 0 Å². The maximum absolute atomic E-state index is 12.6. The van der Waals surface area contributed by atoms with Gasteiger partial charge in [-0.25, -0.2) is 0 Å². The van der Waals surface area contributed by atoms with Crippen LogP contribution in [-0.4, -0.2) is 28.1 Å². The van der Waals surface area contributed by atoms with Crippen molar-refractivity contribution in [3.63, 3.8) is 0 Å². The molecule has 0 radical (unpaired) electrons. The maximum Gasteiger partial charge on any atom is 0.251 e. The summed E-state index contributed by atoms with van der Waals surface area (Å²) < 4.78 is 1.86. The van der Waals surface area contributed by atoms with E-state index in [0.29, 0.717) is 25.1 Å². The molecule has 2 heterocycles. The van der Waals surface area contributed by atoms with E-state index in [1.807, 2.05) is 53.3 Å². The molecule has 1 aromatic heterocycles. The first-order valence-electron chi connectivity index (χ1n) is 9.93. The SMILES string of the molecule is O=C(NCc1ccccc1Cn1cccn1)c1ccc(N2CCCCC2=O)cc1. The van der Waals surface area contributed by atoms with Crippen LogP contribution in [0.1, 0.15) is 40.7 Å². The van der Waals surface area contributed by atoms with E-state index in [9.17, 15) is 9.59 Å². The van der Waals surface area contributed by atoms with E-state index in [1.54, 1.807) is 23.2 Å². The van der Waals surface area contributed by atoms with Crippen LogP contribution in [0.15, 0.2) is 67.0 Å². The molecule has 2 aromatic carbocycles. The summed E-state index contributed by atoms with van der Waals surface area (Å²) in [7, 11) is 0. The zero-order chi connectivity index (χ0) is 20.1. The van der Waals surface area contributed by atoms with Crippen LogP contribution in [0.4, 0.5) is 5.69 Å². The third-order valence-electron chi connectivity index (χ3n) is 5.21. The third-order valence-corrected chi connectivity index (χ3v) is 5.21. The van der Waals surface area contributed by atoms with Gasteiger partial charge in [-0.3, -0.25) is 14.3 Å². The zero-order valence-electron chi connectivity index (χ0n) is 16.3. The zero-order valence-corrected chi connectivity index (χ0v) is 16.3. The minimum atomic E-state index is -0.129. The summed E-state index contributed by atoms with van der Waals surface area (Å²) in [5.74, 6) is 0.0256. The molecule has 6 heteroatoms. The molecule has 0 spiro atoms. The first-order valence-corrected chi connectivity index (χ1v) is 9.93. The van der Waals surface area contributed by atoms with Crippen molar-refractivity contribution in [1.29, 1.82) is 0 Å². The van der Waals surface area contributed by atoms with Crippen molar-refractivity contribution in [2.75, 3.05) is 11.4 Å². The largest absolute Gasteiger partial charge is 0.348 e. The first-order chi connectivity index (χ1) is 14.2. The lowest BCUT2D eigenvalue weighted by Crippen LogP contribution is -2.35. The molecule has 6 nitrogen and oxygen atoms in total. The number of carbonyl (C=O) groups is 2. The minimum absolute atomic E-state index is 0.129. The van der Waals surface area contributed by atoms with Crippen LogP contribution in [0.3, 0.4) is 0 Å². The van der Waals surface area contributed by atoms with Crippen LogP contribution in [-0.2, 0) is 17.9 Å². The topological polar surface area (TPSA) is 67.2 Å². The Hall–Kier alpha value is -3.41. The van der Waals surface area contributed by atoms with Crippen molar-refractivity contribution in [3.05, 3.63) is 83.7 Å². The van der Waals surface area contributed by atoms with Gasteiger partial charge in [0.2, 0.25) is 5.91 Å².